The zero-order chi connectivity index (χ0) is 14.6. The van der Waals surface area contributed by atoms with E-state index in [2.05, 4.69) is 14.9 Å². The number of aromatic nitrogens is 2. The minimum Gasteiger partial charge on any atom is -0.393 e. The number of rotatable bonds is 5. The number of hydrogen-bond donors (Lipinski definition) is 2. The predicted molar refractivity (Wildman–Crippen MR) is 79.8 cm³/mol. The number of benzene rings is 1. The molecule has 0 fully saturated rings. The highest BCUT2D eigenvalue weighted by Crippen LogP contribution is 2.14. The Kier molecular flexibility index (Phi) is 4.26. The van der Waals surface area contributed by atoms with Gasteiger partial charge in [0.25, 0.3) is 10.0 Å². The third kappa shape index (κ3) is 3.72. The minimum atomic E-state index is -3.68. The Morgan fingerprint density at radius 2 is 1.95 bits per heavy atom. The second-order valence-electron chi connectivity index (χ2n) is 4.00. The summed E-state index contributed by atoms with van der Waals surface area (Å²) >= 11 is 4.80. The Morgan fingerprint density at radius 3 is 2.50 bits per heavy atom. The van der Waals surface area contributed by atoms with Crippen molar-refractivity contribution in [2.24, 2.45) is 5.73 Å². The Morgan fingerprint density at radius 1 is 1.25 bits per heavy atom. The van der Waals surface area contributed by atoms with E-state index in [9.17, 15) is 8.42 Å². The lowest BCUT2D eigenvalue weighted by Gasteiger charge is -2.07. The van der Waals surface area contributed by atoms with E-state index >= 15 is 0 Å². The third-order valence-electron chi connectivity index (χ3n) is 2.42. The maximum absolute atomic E-state index is 12.1. The van der Waals surface area contributed by atoms with E-state index in [0.717, 1.165) is 5.56 Å². The topological polar surface area (TPSA) is 98.0 Å². The summed E-state index contributed by atoms with van der Waals surface area (Å²) in [5.41, 5.74) is 6.29. The molecule has 8 heteroatoms. The molecule has 0 aliphatic rings. The van der Waals surface area contributed by atoms with Gasteiger partial charge in [0.1, 0.15) is 0 Å². The smallest absolute Gasteiger partial charge is 0.263 e. The van der Waals surface area contributed by atoms with E-state index in [4.69, 9.17) is 18.0 Å². The monoisotopic (exact) mass is 308 g/mol. The molecule has 0 saturated carbocycles. The first-order chi connectivity index (χ1) is 9.47. The van der Waals surface area contributed by atoms with E-state index < -0.39 is 10.0 Å². The molecule has 0 saturated heterocycles. The highest BCUT2D eigenvalue weighted by Gasteiger charge is 2.14. The summed E-state index contributed by atoms with van der Waals surface area (Å²) in [5.74, 6) is 0.166. The van der Waals surface area contributed by atoms with Crippen LogP contribution in [0.1, 0.15) is 5.56 Å². The molecule has 1 aromatic heterocycles. The number of hydrogen-bond acceptors (Lipinski definition) is 5. The van der Waals surface area contributed by atoms with Gasteiger partial charge in [-0.05, 0) is 29.8 Å². The fourth-order valence-corrected chi connectivity index (χ4v) is 2.70. The van der Waals surface area contributed by atoms with Crippen LogP contribution in [0.25, 0.3) is 0 Å². The van der Waals surface area contributed by atoms with E-state index in [0.29, 0.717) is 11.4 Å². The maximum atomic E-state index is 12.1. The number of nitrogens with two attached hydrogens (primary N) is 1. The highest BCUT2D eigenvalue weighted by molar-refractivity contribution is 7.92. The van der Waals surface area contributed by atoms with Crippen LogP contribution in [-0.4, -0.2) is 23.6 Å². The average Bonchev–Trinajstić information content (AvgIpc) is 2.39. The van der Waals surface area contributed by atoms with Crippen molar-refractivity contribution in [2.75, 3.05) is 4.72 Å². The molecule has 1 heterocycles. The van der Waals surface area contributed by atoms with Crippen LogP contribution < -0.4 is 10.5 Å². The number of anilines is 1. The maximum Gasteiger partial charge on any atom is 0.263 e. The Hall–Kier alpha value is -2.06. The SMILES string of the molecule is NC(=S)Cc1ccc(S(=O)(=O)Nc2cccnn2)cc1. The van der Waals surface area contributed by atoms with Crippen molar-refractivity contribution >= 4 is 33.0 Å². The van der Waals surface area contributed by atoms with Gasteiger partial charge in [-0.15, -0.1) is 5.10 Å². The van der Waals surface area contributed by atoms with Crippen molar-refractivity contribution in [3.63, 3.8) is 0 Å². The molecular weight excluding hydrogens is 296 g/mol. The van der Waals surface area contributed by atoms with Gasteiger partial charge in [-0.1, -0.05) is 24.4 Å². The summed E-state index contributed by atoms with van der Waals surface area (Å²) in [6.45, 7) is 0. The van der Waals surface area contributed by atoms with Gasteiger partial charge >= 0.3 is 0 Å². The summed E-state index contributed by atoms with van der Waals surface area (Å²) in [4.78, 5) is 0.494. The molecule has 6 nitrogen and oxygen atoms in total. The standard InChI is InChI=1S/C12H12N4O2S2/c13-11(19)8-9-3-5-10(6-4-9)20(17,18)16-12-2-1-7-14-15-12/h1-7H,8H2,(H2,13,19)(H,15,16). The van der Waals surface area contributed by atoms with Gasteiger partial charge in [0.05, 0.1) is 9.88 Å². The molecule has 0 radical (unpaired) electrons. The molecule has 0 aliphatic carbocycles. The van der Waals surface area contributed by atoms with Crippen LogP contribution in [-0.2, 0) is 16.4 Å². The Labute approximate surface area is 122 Å². The second kappa shape index (κ2) is 5.93. The molecule has 0 atom stereocenters. The number of thiocarbonyl (C=S) groups is 1. The van der Waals surface area contributed by atoms with Gasteiger partial charge in [-0.2, -0.15) is 5.10 Å². The molecule has 0 bridgehead atoms. The molecule has 0 aliphatic heterocycles. The fraction of sp³-hybridized carbons (Fsp3) is 0.0833. The number of sulfonamides is 1. The van der Waals surface area contributed by atoms with Crippen LogP contribution >= 0.6 is 12.2 Å². The van der Waals surface area contributed by atoms with E-state index in [1.807, 2.05) is 0 Å². The van der Waals surface area contributed by atoms with E-state index in [1.165, 1.54) is 24.4 Å². The zero-order valence-corrected chi connectivity index (χ0v) is 12.0. The molecule has 3 N–H and O–H groups in total. The van der Waals surface area contributed by atoms with Crippen LogP contribution in [0, 0.1) is 0 Å². The van der Waals surface area contributed by atoms with Gasteiger partial charge in [0.15, 0.2) is 5.82 Å². The Bertz CT molecular complexity index is 700. The summed E-state index contributed by atoms with van der Waals surface area (Å²) in [6.07, 6.45) is 1.90. The van der Waals surface area contributed by atoms with Crippen LogP contribution in [0.15, 0.2) is 47.5 Å². The van der Waals surface area contributed by atoms with Crippen LogP contribution in [0.3, 0.4) is 0 Å². The van der Waals surface area contributed by atoms with Crippen molar-refractivity contribution < 1.29 is 8.42 Å². The first-order valence-electron chi connectivity index (χ1n) is 5.65. The van der Waals surface area contributed by atoms with Crippen molar-refractivity contribution in [3.05, 3.63) is 48.2 Å². The zero-order valence-electron chi connectivity index (χ0n) is 10.4. The van der Waals surface area contributed by atoms with Gasteiger partial charge in [-0.25, -0.2) is 8.42 Å². The minimum absolute atomic E-state index is 0.134. The molecule has 2 aromatic rings. The predicted octanol–water partition coefficient (Wildman–Crippen LogP) is 1.11. The van der Waals surface area contributed by atoms with Crippen molar-refractivity contribution in [1.29, 1.82) is 0 Å². The average molecular weight is 308 g/mol. The normalized spacial score (nSPS) is 11.0. The largest absolute Gasteiger partial charge is 0.393 e. The molecule has 0 unspecified atom stereocenters. The van der Waals surface area contributed by atoms with Crippen LogP contribution in [0.5, 0.6) is 0 Å². The molecule has 20 heavy (non-hydrogen) atoms. The lowest BCUT2D eigenvalue weighted by atomic mass is 10.1. The van der Waals surface area contributed by atoms with Crippen molar-refractivity contribution in [3.8, 4) is 0 Å². The highest BCUT2D eigenvalue weighted by atomic mass is 32.2. The molecule has 104 valence electrons. The van der Waals surface area contributed by atoms with Crippen molar-refractivity contribution in [1.82, 2.24) is 10.2 Å². The molecule has 0 spiro atoms. The summed E-state index contributed by atoms with van der Waals surface area (Å²) < 4.78 is 26.6. The number of nitrogens with one attached hydrogen (secondary N) is 1. The van der Waals surface area contributed by atoms with Gasteiger partial charge in [0, 0.05) is 12.6 Å². The van der Waals surface area contributed by atoms with Gasteiger partial charge in [0.2, 0.25) is 0 Å². The van der Waals surface area contributed by atoms with Gasteiger partial charge in [-0.3, -0.25) is 4.72 Å². The molecule has 2 rings (SSSR count). The lowest BCUT2D eigenvalue weighted by molar-refractivity contribution is 0.601. The quantitative estimate of drug-likeness (QED) is 0.803. The van der Waals surface area contributed by atoms with E-state index in [-0.39, 0.29) is 10.7 Å². The van der Waals surface area contributed by atoms with Gasteiger partial charge < -0.3 is 5.73 Å². The summed E-state index contributed by atoms with van der Waals surface area (Å²) in [5, 5.41) is 7.28. The Balaban J connectivity index is 2.19. The summed E-state index contributed by atoms with van der Waals surface area (Å²) in [7, 11) is -3.68. The van der Waals surface area contributed by atoms with Crippen LogP contribution in [0.2, 0.25) is 0 Å². The van der Waals surface area contributed by atoms with E-state index in [1.54, 1.807) is 18.2 Å². The first-order valence-corrected chi connectivity index (χ1v) is 7.54. The lowest BCUT2D eigenvalue weighted by Crippen LogP contribution is -2.14. The molecule has 1 aromatic carbocycles. The fourth-order valence-electron chi connectivity index (χ4n) is 1.54. The molecule has 0 amide bonds. The van der Waals surface area contributed by atoms with Crippen molar-refractivity contribution in [2.45, 2.75) is 11.3 Å². The second-order valence-corrected chi connectivity index (χ2v) is 6.21. The summed E-state index contributed by atoms with van der Waals surface area (Å²) in [6, 6.07) is 9.44. The first kappa shape index (κ1) is 14.4. The number of nitrogens with zero attached hydrogens (tertiary/aromatic N) is 2. The third-order valence-corrected chi connectivity index (χ3v) is 3.94. The van der Waals surface area contributed by atoms with Crippen LogP contribution in [0.4, 0.5) is 5.82 Å². The molecular formula is C12H12N4O2S2.